The Morgan fingerprint density at radius 2 is 1.80 bits per heavy atom. The van der Waals surface area contributed by atoms with Crippen molar-refractivity contribution >= 4 is 37.8 Å². The molecule has 0 radical (unpaired) electrons. The molecule has 0 aliphatic heterocycles. The average molecular weight is 340 g/mol. The van der Waals surface area contributed by atoms with Gasteiger partial charge in [-0.15, -0.1) is 0 Å². The third-order valence-electron chi connectivity index (χ3n) is 1.77. The lowest BCUT2D eigenvalue weighted by Crippen LogP contribution is -2.02. The summed E-state index contributed by atoms with van der Waals surface area (Å²) in [4.78, 5) is 10.9. The summed E-state index contributed by atoms with van der Waals surface area (Å²) in [6, 6.07) is 1.45. The van der Waals surface area contributed by atoms with Crippen LogP contribution in [-0.4, -0.2) is 25.3 Å². The number of rotatable bonds is 3. The second-order valence-electron chi connectivity index (χ2n) is 2.59. The summed E-state index contributed by atoms with van der Waals surface area (Å²) in [6.07, 6.45) is 0. The van der Waals surface area contributed by atoms with Crippen LogP contribution in [0.2, 0.25) is 0 Å². The van der Waals surface area contributed by atoms with Crippen molar-refractivity contribution in [1.29, 1.82) is 0 Å². The molecule has 6 heteroatoms. The van der Waals surface area contributed by atoms with E-state index in [1.807, 2.05) is 0 Å². The van der Waals surface area contributed by atoms with E-state index in [9.17, 15) is 4.79 Å². The molecule has 0 fully saturated rings. The molecule has 0 spiro atoms. The van der Waals surface area contributed by atoms with Gasteiger partial charge in [-0.2, -0.15) is 0 Å². The van der Waals surface area contributed by atoms with E-state index in [2.05, 4.69) is 31.9 Å². The fourth-order valence-corrected chi connectivity index (χ4v) is 2.31. The van der Waals surface area contributed by atoms with Crippen LogP contribution >= 0.6 is 31.9 Å². The van der Waals surface area contributed by atoms with Crippen LogP contribution in [-0.2, 0) is 0 Å². The van der Waals surface area contributed by atoms with Gasteiger partial charge in [0.05, 0.1) is 28.7 Å². The smallest absolute Gasteiger partial charge is 0.337 e. The van der Waals surface area contributed by atoms with E-state index in [0.717, 1.165) is 0 Å². The summed E-state index contributed by atoms with van der Waals surface area (Å²) in [7, 11) is 2.93. The number of methoxy groups -OCH3 is 2. The van der Waals surface area contributed by atoms with Crippen molar-refractivity contribution < 1.29 is 19.4 Å². The first-order valence-corrected chi connectivity index (χ1v) is 5.44. The molecule has 1 aromatic carbocycles. The minimum atomic E-state index is -1.04. The van der Waals surface area contributed by atoms with Crippen molar-refractivity contribution in [2.75, 3.05) is 14.2 Å². The normalized spacial score (nSPS) is 9.87. The van der Waals surface area contributed by atoms with Gasteiger partial charge in [0.1, 0.15) is 0 Å². The Morgan fingerprint density at radius 3 is 2.20 bits per heavy atom. The number of hydrogen-bond donors (Lipinski definition) is 1. The van der Waals surface area contributed by atoms with Crippen LogP contribution < -0.4 is 9.47 Å². The molecular weight excluding hydrogens is 332 g/mol. The first kappa shape index (κ1) is 12.3. The summed E-state index contributed by atoms with van der Waals surface area (Å²) >= 11 is 6.37. The Morgan fingerprint density at radius 1 is 1.27 bits per heavy atom. The fourth-order valence-electron chi connectivity index (χ4n) is 1.11. The highest BCUT2D eigenvalue weighted by atomic mass is 79.9. The monoisotopic (exact) mass is 338 g/mol. The summed E-state index contributed by atoms with van der Waals surface area (Å²) in [5, 5.41) is 8.93. The van der Waals surface area contributed by atoms with Crippen molar-refractivity contribution in [3.8, 4) is 11.5 Å². The zero-order chi connectivity index (χ0) is 11.6. The molecule has 1 N–H and O–H groups in total. The van der Waals surface area contributed by atoms with Crippen molar-refractivity contribution in [1.82, 2.24) is 0 Å². The minimum absolute atomic E-state index is 0.111. The van der Waals surface area contributed by atoms with Gasteiger partial charge in [-0.1, -0.05) is 0 Å². The molecule has 0 atom stereocenters. The molecule has 4 nitrogen and oxygen atoms in total. The molecule has 0 aromatic heterocycles. The van der Waals surface area contributed by atoms with Gasteiger partial charge in [0.2, 0.25) is 0 Å². The predicted molar refractivity (Wildman–Crippen MR) is 61.9 cm³/mol. The quantitative estimate of drug-likeness (QED) is 0.919. The lowest BCUT2D eigenvalue weighted by Gasteiger charge is -2.12. The third-order valence-corrected chi connectivity index (χ3v) is 3.15. The summed E-state index contributed by atoms with van der Waals surface area (Å²) < 4.78 is 11.1. The van der Waals surface area contributed by atoms with Gasteiger partial charge in [-0.25, -0.2) is 4.79 Å². The Labute approximate surface area is 103 Å². The maximum Gasteiger partial charge on any atom is 0.337 e. The van der Waals surface area contributed by atoms with Crippen LogP contribution in [0.25, 0.3) is 0 Å². The van der Waals surface area contributed by atoms with Gasteiger partial charge < -0.3 is 14.6 Å². The lowest BCUT2D eigenvalue weighted by molar-refractivity contribution is 0.0695. The summed E-state index contributed by atoms with van der Waals surface area (Å²) in [5.74, 6) is -0.234. The van der Waals surface area contributed by atoms with Crippen molar-refractivity contribution in [3.63, 3.8) is 0 Å². The van der Waals surface area contributed by atoms with Gasteiger partial charge >= 0.3 is 5.97 Å². The van der Waals surface area contributed by atoms with Crippen LogP contribution in [0.5, 0.6) is 11.5 Å². The van der Waals surface area contributed by atoms with Crippen molar-refractivity contribution in [3.05, 3.63) is 20.6 Å². The SMILES string of the molecule is COc1c(Br)cc(C(=O)O)c(Br)c1OC. The highest BCUT2D eigenvalue weighted by Crippen LogP contribution is 2.43. The van der Waals surface area contributed by atoms with Gasteiger partial charge in [-0.05, 0) is 37.9 Å². The molecular formula is C9H8Br2O4. The highest BCUT2D eigenvalue weighted by molar-refractivity contribution is 9.11. The zero-order valence-electron chi connectivity index (χ0n) is 8.01. The Bertz CT molecular complexity index is 404. The van der Waals surface area contributed by atoms with Crippen LogP contribution in [0.1, 0.15) is 10.4 Å². The van der Waals surface area contributed by atoms with Crippen LogP contribution in [0, 0.1) is 0 Å². The molecule has 0 unspecified atom stereocenters. The average Bonchev–Trinajstić information content (AvgIpc) is 2.19. The van der Waals surface area contributed by atoms with Crippen LogP contribution in [0.15, 0.2) is 15.0 Å². The second-order valence-corrected chi connectivity index (χ2v) is 4.24. The Balaban J connectivity index is 3.51. The van der Waals surface area contributed by atoms with Gasteiger partial charge in [0, 0.05) is 0 Å². The van der Waals surface area contributed by atoms with Crippen molar-refractivity contribution in [2.24, 2.45) is 0 Å². The topological polar surface area (TPSA) is 55.8 Å². The standard InChI is InChI=1S/C9H8Br2O4/c1-14-7-5(10)3-4(9(12)13)6(11)8(7)15-2/h3H,1-2H3,(H,12,13). The molecule has 0 saturated heterocycles. The Kier molecular flexibility index (Phi) is 3.98. The molecule has 0 bridgehead atoms. The molecule has 1 aromatic rings. The van der Waals surface area contributed by atoms with Gasteiger partial charge in [0.25, 0.3) is 0 Å². The van der Waals surface area contributed by atoms with Crippen LogP contribution in [0.4, 0.5) is 0 Å². The Hall–Kier alpha value is -0.750. The first-order chi connectivity index (χ1) is 7.02. The molecule has 0 aliphatic carbocycles. The zero-order valence-corrected chi connectivity index (χ0v) is 11.2. The predicted octanol–water partition coefficient (Wildman–Crippen LogP) is 2.93. The highest BCUT2D eigenvalue weighted by Gasteiger charge is 2.20. The maximum absolute atomic E-state index is 10.9. The second kappa shape index (κ2) is 4.85. The van der Waals surface area contributed by atoms with E-state index < -0.39 is 5.97 Å². The molecule has 0 aliphatic rings. The molecule has 0 heterocycles. The van der Waals surface area contributed by atoms with Crippen molar-refractivity contribution in [2.45, 2.75) is 0 Å². The lowest BCUT2D eigenvalue weighted by atomic mass is 10.2. The van der Waals surface area contributed by atoms with E-state index >= 15 is 0 Å². The molecule has 1 rings (SSSR count). The van der Waals surface area contributed by atoms with Gasteiger partial charge in [0.15, 0.2) is 11.5 Å². The van der Waals surface area contributed by atoms with E-state index in [1.165, 1.54) is 20.3 Å². The fraction of sp³-hybridized carbons (Fsp3) is 0.222. The van der Waals surface area contributed by atoms with E-state index in [-0.39, 0.29) is 5.56 Å². The number of halogens is 2. The largest absolute Gasteiger partial charge is 0.492 e. The molecule has 82 valence electrons. The number of carboxylic acids is 1. The first-order valence-electron chi connectivity index (χ1n) is 3.86. The van der Waals surface area contributed by atoms with Crippen LogP contribution in [0.3, 0.4) is 0 Å². The maximum atomic E-state index is 10.9. The summed E-state index contributed by atoms with van der Waals surface area (Å²) in [5.41, 5.74) is 0.111. The minimum Gasteiger partial charge on any atom is -0.492 e. The molecule has 0 saturated carbocycles. The number of ether oxygens (including phenoxy) is 2. The third kappa shape index (κ3) is 2.26. The van der Waals surface area contributed by atoms with E-state index in [0.29, 0.717) is 20.4 Å². The summed E-state index contributed by atoms with van der Waals surface area (Å²) in [6.45, 7) is 0. The van der Waals surface area contributed by atoms with E-state index in [1.54, 1.807) is 0 Å². The number of carboxylic acid groups (broad SMARTS) is 1. The molecule has 15 heavy (non-hydrogen) atoms. The number of benzene rings is 1. The number of carbonyl (C=O) groups is 1. The van der Waals surface area contributed by atoms with E-state index in [4.69, 9.17) is 14.6 Å². The van der Waals surface area contributed by atoms with Gasteiger partial charge in [-0.3, -0.25) is 0 Å². The number of hydrogen-bond acceptors (Lipinski definition) is 3. The number of aromatic carboxylic acids is 1. The molecule has 0 amide bonds.